The molecule has 29 heavy (non-hydrogen) atoms. The first-order valence-electron chi connectivity index (χ1n) is 8.53. The highest BCUT2D eigenvalue weighted by Gasteiger charge is 2.37. The number of anilines is 1. The van der Waals surface area contributed by atoms with E-state index in [2.05, 4.69) is 24.8 Å². The maximum Gasteiger partial charge on any atom is 0.278 e. The fraction of sp³-hybridized carbons (Fsp3) is 0.353. The van der Waals surface area contributed by atoms with Crippen molar-refractivity contribution in [2.75, 3.05) is 4.90 Å². The molecule has 1 fully saturated rings. The third-order valence-corrected chi connectivity index (χ3v) is 4.41. The smallest absolute Gasteiger partial charge is 0.278 e. The predicted octanol–water partition coefficient (Wildman–Crippen LogP) is 3.71. The lowest BCUT2D eigenvalue weighted by Crippen LogP contribution is -2.27. The van der Waals surface area contributed by atoms with Crippen molar-refractivity contribution in [3.05, 3.63) is 41.6 Å². The monoisotopic (exact) mass is 411 g/mol. The molecule has 0 saturated carbocycles. The van der Waals surface area contributed by atoms with Gasteiger partial charge in [-0.05, 0) is 31.5 Å². The van der Waals surface area contributed by atoms with E-state index in [0.717, 1.165) is 6.07 Å². The van der Waals surface area contributed by atoms with Crippen LogP contribution in [-0.4, -0.2) is 32.6 Å². The quantitative estimate of drug-likeness (QED) is 0.590. The van der Waals surface area contributed by atoms with Crippen molar-refractivity contribution < 1.29 is 31.4 Å². The number of carbonyl (C=O) groups is 1. The fourth-order valence-electron chi connectivity index (χ4n) is 3.09. The molecule has 2 aromatic heterocycles. The normalized spacial score (nSPS) is 18.1. The lowest BCUT2D eigenvalue weighted by molar-refractivity contribution is -0.117. The highest BCUT2D eigenvalue weighted by Crippen LogP contribution is 2.37. The number of carbonyl (C=O) groups excluding carboxylic acids is 1. The van der Waals surface area contributed by atoms with E-state index in [1.807, 2.05) is 0 Å². The second-order valence-electron chi connectivity index (χ2n) is 6.35. The molecule has 4 rings (SSSR count). The number of aryl methyl sites for hydroxylation is 1. The Labute approximate surface area is 160 Å². The number of hydrogen-bond acceptors (Lipinski definition) is 7. The summed E-state index contributed by atoms with van der Waals surface area (Å²) in [6, 6.07) is 3.19. The van der Waals surface area contributed by atoms with Crippen molar-refractivity contribution in [3.8, 4) is 11.4 Å². The van der Waals surface area contributed by atoms with E-state index in [-0.39, 0.29) is 35.3 Å². The average molecular weight is 411 g/mol. The van der Waals surface area contributed by atoms with Crippen molar-refractivity contribution in [2.24, 2.45) is 0 Å². The van der Waals surface area contributed by atoms with Gasteiger partial charge in [0.1, 0.15) is 11.9 Å². The first-order chi connectivity index (χ1) is 13.8. The summed E-state index contributed by atoms with van der Waals surface area (Å²) in [7, 11) is 0. The number of alkyl halides is 3. The van der Waals surface area contributed by atoms with Crippen LogP contribution in [0, 0.1) is 12.7 Å². The lowest BCUT2D eigenvalue weighted by Gasteiger charge is -2.22. The Morgan fingerprint density at radius 2 is 1.97 bits per heavy atom. The molecule has 0 N–H and O–H groups in total. The Hall–Kier alpha value is -3.31. The van der Waals surface area contributed by atoms with Crippen LogP contribution in [0.3, 0.4) is 0 Å². The van der Waals surface area contributed by atoms with Gasteiger partial charge in [-0.2, -0.15) is 9.97 Å². The molecule has 1 unspecified atom stereocenters. The number of benzene rings is 1. The maximum atomic E-state index is 14.7. The summed E-state index contributed by atoms with van der Waals surface area (Å²) in [5.41, 5.74) is 0.0383. The van der Waals surface area contributed by atoms with Crippen LogP contribution in [0.25, 0.3) is 11.4 Å². The first kappa shape index (κ1) is 19.0. The van der Waals surface area contributed by atoms with Gasteiger partial charge >= 0.3 is 0 Å². The molecule has 1 saturated heterocycles. The van der Waals surface area contributed by atoms with Gasteiger partial charge in [0.05, 0.1) is 5.56 Å². The van der Waals surface area contributed by atoms with Crippen LogP contribution in [0.2, 0.25) is 0 Å². The predicted molar refractivity (Wildman–Crippen MR) is 88.0 cm³/mol. The molecule has 1 aliphatic heterocycles. The van der Waals surface area contributed by atoms with E-state index >= 15 is 0 Å². The number of hydrogen-bond donors (Lipinski definition) is 0. The molecule has 8 nitrogen and oxygen atoms in total. The standard InChI is InChI=1S/C17H13F4N5O3/c1-7-22-16(28-24-7)11-4-5-12(27)26(11)8-2-3-9(10(18)6-8)15-23-17(29-25-15)13(19)14(20)21/h2-3,6,11,13-14H,4-5H2,1H3/t11-,13?/m0/s1. The summed E-state index contributed by atoms with van der Waals surface area (Å²) in [5, 5.41) is 7.05. The summed E-state index contributed by atoms with van der Waals surface area (Å²) in [6.07, 6.45) is -5.47. The minimum Gasteiger partial charge on any atom is -0.337 e. The fourth-order valence-corrected chi connectivity index (χ4v) is 3.09. The topological polar surface area (TPSA) is 98.2 Å². The zero-order valence-electron chi connectivity index (χ0n) is 14.9. The summed E-state index contributed by atoms with van der Waals surface area (Å²) in [4.78, 5) is 21.3. The van der Waals surface area contributed by atoms with Gasteiger partial charge in [0.15, 0.2) is 5.82 Å². The Morgan fingerprint density at radius 1 is 1.17 bits per heavy atom. The molecule has 0 radical (unpaired) electrons. The van der Waals surface area contributed by atoms with E-state index in [1.54, 1.807) is 6.92 Å². The third-order valence-electron chi connectivity index (χ3n) is 4.41. The van der Waals surface area contributed by atoms with E-state index in [1.165, 1.54) is 17.0 Å². The first-order valence-corrected chi connectivity index (χ1v) is 8.53. The van der Waals surface area contributed by atoms with Crippen LogP contribution in [0.15, 0.2) is 27.2 Å². The van der Waals surface area contributed by atoms with Crippen molar-refractivity contribution in [2.45, 2.75) is 38.4 Å². The van der Waals surface area contributed by atoms with E-state index in [9.17, 15) is 22.4 Å². The van der Waals surface area contributed by atoms with Crippen LogP contribution in [-0.2, 0) is 4.79 Å². The molecule has 0 bridgehead atoms. The molecule has 0 aliphatic carbocycles. The minimum absolute atomic E-state index is 0.193. The number of nitrogens with zero attached hydrogens (tertiary/aromatic N) is 5. The maximum absolute atomic E-state index is 14.7. The Morgan fingerprint density at radius 3 is 2.62 bits per heavy atom. The highest BCUT2D eigenvalue weighted by molar-refractivity contribution is 5.96. The third kappa shape index (κ3) is 3.45. The van der Waals surface area contributed by atoms with Gasteiger partial charge in [-0.15, -0.1) is 0 Å². The van der Waals surface area contributed by atoms with Gasteiger partial charge in [-0.1, -0.05) is 10.3 Å². The van der Waals surface area contributed by atoms with Crippen molar-refractivity contribution in [3.63, 3.8) is 0 Å². The highest BCUT2D eigenvalue weighted by atomic mass is 19.3. The summed E-state index contributed by atoms with van der Waals surface area (Å²) >= 11 is 0. The van der Waals surface area contributed by atoms with Crippen LogP contribution in [0.4, 0.5) is 23.2 Å². The van der Waals surface area contributed by atoms with Crippen LogP contribution >= 0.6 is 0 Å². The molecule has 1 aliphatic rings. The summed E-state index contributed by atoms with van der Waals surface area (Å²) in [6.45, 7) is 1.64. The summed E-state index contributed by atoms with van der Waals surface area (Å²) < 4.78 is 62.4. The lowest BCUT2D eigenvalue weighted by atomic mass is 10.1. The molecule has 1 amide bonds. The minimum atomic E-state index is -3.35. The SMILES string of the molecule is Cc1noc([C@@H]2CCC(=O)N2c2ccc(-c3noc(C(F)C(F)F)n3)c(F)c2)n1. The van der Waals surface area contributed by atoms with E-state index in [4.69, 9.17) is 4.52 Å². The van der Waals surface area contributed by atoms with Gasteiger partial charge in [-0.25, -0.2) is 17.6 Å². The van der Waals surface area contributed by atoms with Crippen molar-refractivity contribution in [1.82, 2.24) is 20.3 Å². The molecule has 1 aromatic carbocycles. The average Bonchev–Trinajstić information content (AvgIpc) is 3.40. The van der Waals surface area contributed by atoms with Crippen molar-refractivity contribution >= 4 is 11.6 Å². The van der Waals surface area contributed by atoms with Crippen LogP contribution in [0.5, 0.6) is 0 Å². The van der Waals surface area contributed by atoms with Gasteiger partial charge in [0, 0.05) is 12.1 Å². The molecule has 0 spiro atoms. The molecule has 3 aromatic rings. The Kier molecular flexibility index (Phi) is 4.76. The van der Waals surface area contributed by atoms with E-state index in [0.29, 0.717) is 12.2 Å². The zero-order valence-corrected chi connectivity index (χ0v) is 14.9. The van der Waals surface area contributed by atoms with E-state index < -0.39 is 30.3 Å². The largest absolute Gasteiger partial charge is 0.337 e. The molecular weight excluding hydrogens is 398 g/mol. The molecular formula is C17H13F4N5O3. The van der Waals surface area contributed by atoms with Gasteiger partial charge in [0.2, 0.25) is 23.8 Å². The van der Waals surface area contributed by atoms with Gasteiger partial charge < -0.3 is 9.05 Å². The Balaban J connectivity index is 1.64. The van der Waals surface area contributed by atoms with Gasteiger partial charge in [0.25, 0.3) is 12.3 Å². The van der Waals surface area contributed by atoms with Crippen LogP contribution in [0.1, 0.15) is 42.7 Å². The number of aromatic nitrogens is 4. The second-order valence-corrected chi connectivity index (χ2v) is 6.35. The molecule has 3 heterocycles. The second kappa shape index (κ2) is 7.26. The summed E-state index contributed by atoms with van der Waals surface area (Å²) in [5.74, 6) is -1.78. The molecule has 12 heteroatoms. The number of rotatable bonds is 5. The van der Waals surface area contributed by atoms with Crippen LogP contribution < -0.4 is 4.90 Å². The number of halogens is 4. The Bertz CT molecular complexity index is 1050. The van der Waals surface area contributed by atoms with Crippen molar-refractivity contribution in [1.29, 1.82) is 0 Å². The molecule has 152 valence electrons. The molecule has 2 atom stereocenters. The zero-order chi connectivity index (χ0) is 20.7. The number of amides is 1. The van der Waals surface area contributed by atoms with Gasteiger partial charge in [-0.3, -0.25) is 9.69 Å².